The Morgan fingerprint density at radius 3 is 2.85 bits per heavy atom. The zero-order chi connectivity index (χ0) is 14.2. The SMILES string of the molecule is NS(=O)(=O)c1cnn(C2CCOC3(CCSCC3)C2)c1. The van der Waals surface area contributed by atoms with Gasteiger partial charge in [0, 0.05) is 12.8 Å². The number of sulfonamides is 1. The maximum Gasteiger partial charge on any atom is 0.241 e. The van der Waals surface area contributed by atoms with Crippen LogP contribution in [0, 0.1) is 0 Å². The molecule has 8 heteroatoms. The molecule has 3 rings (SSSR count). The van der Waals surface area contributed by atoms with Crippen LogP contribution in [0.3, 0.4) is 0 Å². The number of primary sulfonamides is 1. The lowest BCUT2D eigenvalue weighted by atomic mass is 9.85. The minimum Gasteiger partial charge on any atom is -0.375 e. The molecule has 2 aliphatic rings. The van der Waals surface area contributed by atoms with Gasteiger partial charge < -0.3 is 4.74 Å². The Kier molecular flexibility index (Phi) is 3.83. The Bertz CT molecular complexity index is 573. The minimum absolute atomic E-state index is 0.0398. The highest BCUT2D eigenvalue weighted by atomic mass is 32.2. The van der Waals surface area contributed by atoms with Crippen LogP contribution in [0.4, 0.5) is 0 Å². The van der Waals surface area contributed by atoms with E-state index in [4.69, 9.17) is 9.88 Å². The first-order valence-electron chi connectivity index (χ1n) is 6.77. The molecule has 0 aromatic carbocycles. The lowest BCUT2D eigenvalue weighted by Gasteiger charge is -2.43. The highest BCUT2D eigenvalue weighted by Gasteiger charge is 2.39. The summed E-state index contributed by atoms with van der Waals surface area (Å²) in [5, 5.41) is 9.31. The number of hydrogen-bond donors (Lipinski definition) is 1. The van der Waals surface area contributed by atoms with Gasteiger partial charge >= 0.3 is 0 Å². The summed E-state index contributed by atoms with van der Waals surface area (Å²) >= 11 is 1.97. The molecular weight excluding hydrogens is 298 g/mol. The van der Waals surface area contributed by atoms with Gasteiger partial charge in [-0.2, -0.15) is 16.9 Å². The minimum atomic E-state index is -3.67. The summed E-state index contributed by atoms with van der Waals surface area (Å²) in [6.45, 7) is 0.708. The van der Waals surface area contributed by atoms with Crippen molar-refractivity contribution in [2.24, 2.45) is 5.14 Å². The summed E-state index contributed by atoms with van der Waals surface area (Å²) in [7, 11) is -3.67. The van der Waals surface area contributed by atoms with Gasteiger partial charge in [0.15, 0.2) is 0 Å². The van der Waals surface area contributed by atoms with E-state index in [0.29, 0.717) is 6.61 Å². The molecule has 1 spiro atoms. The normalized spacial score (nSPS) is 26.8. The molecule has 0 bridgehead atoms. The fraction of sp³-hybridized carbons (Fsp3) is 0.750. The Morgan fingerprint density at radius 1 is 1.45 bits per heavy atom. The van der Waals surface area contributed by atoms with Crippen LogP contribution in [-0.2, 0) is 14.8 Å². The Balaban J connectivity index is 1.78. The van der Waals surface area contributed by atoms with Crippen LogP contribution in [-0.4, -0.2) is 41.9 Å². The van der Waals surface area contributed by atoms with Crippen molar-refractivity contribution in [3.05, 3.63) is 12.4 Å². The van der Waals surface area contributed by atoms with Gasteiger partial charge in [0.1, 0.15) is 4.90 Å². The maximum absolute atomic E-state index is 11.3. The lowest BCUT2D eigenvalue weighted by molar-refractivity contribution is -0.100. The molecule has 0 aliphatic carbocycles. The first-order valence-corrected chi connectivity index (χ1v) is 9.47. The largest absolute Gasteiger partial charge is 0.375 e. The predicted molar refractivity (Wildman–Crippen MR) is 77.1 cm³/mol. The molecule has 1 aromatic heterocycles. The molecule has 0 saturated carbocycles. The van der Waals surface area contributed by atoms with Gasteiger partial charge in [-0.05, 0) is 37.2 Å². The summed E-state index contributed by atoms with van der Waals surface area (Å²) in [5.41, 5.74) is -0.0398. The van der Waals surface area contributed by atoms with Crippen molar-refractivity contribution < 1.29 is 13.2 Å². The first kappa shape index (κ1) is 14.4. The summed E-state index contributed by atoms with van der Waals surface area (Å²) in [4.78, 5) is 0.0808. The van der Waals surface area contributed by atoms with Gasteiger partial charge in [-0.1, -0.05) is 0 Å². The van der Waals surface area contributed by atoms with Crippen molar-refractivity contribution in [1.29, 1.82) is 0 Å². The van der Waals surface area contributed by atoms with Gasteiger partial charge in [-0.3, -0.25) is 4.68 Å². The second kappa shape index (κ2) is 5.32. The van der Waals surface area contributed by atoms with Crippen molar-refractivity contribution in [1.82, 2.24) is 9.78 Å². The highest BCUT2D eigenvalue weighted by Crippen LogP contribution is 2.41. The molecule has 6 nitrogen and oxygen atoms in total. The third-order valence-electron chi connectivity index (χ3n) is 4.15. The molecule has 1 aromatic rings. The van der Waals surface area contributed by atoms with Crippen LogP contribution >= 0.6 is 11.8 Å². The molecule has 1 atom stereocenters. The van der Waals surface area contributed by atoms with Crippen molar-refractivity contribution in [3.63, 3.8) is 0 Å². The van der Waals surface area contributed by atoms with Gasteiger partial charge in [0.25, 0.3) is 0 Å². The van der Waals surface area contributed by atoms with Crippen LogP contribution in [0.1, 0.15) is 31.7 Å². The maximum atomic E-state index is 11.3. The van der Waals surface area contributed by atoms with Gasteiger partial charge in [-0.15, -0.1) is 0 Å². The molecule has 2 fully saturated rings. The van der Waals surface area contributed by atoms with Crippen molar-refractivity contribution in [2.45, 2.75) is 42.2 Å². The number of thioether (sulfide) groups is 1. The zero-order valence-electron chi connectivity index (χ0n) is 11.2. The van der Waals surface area contributed by atoms with E-state index in [1.54, 1.807) is 4.68 Å². The average Bonchev–Trinajstić information content (AvgIpc) is 2.89. The molecule has 112 valence electrons. The van der Waals surface area contributed by atoms with E-state index in [0.717, 1.165) is 37.2 Å². The summed E-state index contributed by atoms with van der Waals surface area (Å²) in [6.07, 6.45) is 6.76. The number of hydrogen-bond acceptors (Lipinski definition) is 5. The van der Waals surface area contributed by atoms with E-state index in [2.05, 4.69) is 5.10 Å². The Hall–Kier alpha value is -0.570. The molecule has 1 unspecified atom stereocenters. The summed E-state index contributed by atoms with van der Waals surface area (Å²) in [5.74, 6) is 2.27. The molecule has 3 heterocycles. The molecule has 2 aliphatic heterocycles. The predicted octanol–water partition coefficient (Wildman–Crippen LogP) is 1.15. The van der Waals surface area contributed by atoms with Crippen LogP contribution in [0.5, 0.6) is 0 Å². The summed E-state index contributed by atoms with van der Waals surface area (Å²) < 4.78 is 30.4. The van der Waals surface area contributed by atoms with E-state index in [1.807, 2.05) is 11.8 Å². The average molecular weight is 317 g/mol. The van der Waals surface area contributed by atoms with Gasteiger partial charge in [0.2, 0.25) is 10.0 Å². The van der Waals surface area contributed by atoms with Crippen molar-refractivity contribution in [2.75, 3.05) is 18.1 Å². The second-order valence-electron chi connectivity index (χ2n) is 5.49. The van der Waals surface area contributed by atoms with E-state index in [9.17, 15) is 8.42 Å². The fourth-order valence-corrected chi connectivity index (χ4v) is 4.67. The van der Waals surface area contributed by atoms with E-state index >= 15 is 0 Å². The first-order chi connectivity index (χ1) is 9.49. The third kappa shape index (κ3) is 2.88. The number of aromatic nitrogens is 2. The van der Waals surface area contributed by atoms with E-state index in [-0.39, 0.29) is 16.5 Å². The van der Waals surface area contributed by atoms with Gasteiger partial charge in [0.05, 0.1) is 17.8 Å². The molecule has 20 heavy (non-hydrogen) atoms. The number of ether oxygens (including phenoxy) is 1. The van der Waals surface area contributed by atoms with Crippen molar-refractivity contribution >= 4 is 21.8 Å². The smallest absolute Gasteiger partial charge is 0.241 e. The molecule has 0 amide bonds. The van der Waals surface area contributed by atoms with Crippen LogP contribution in [0.25, 0.3) is 0 Å². The molecule has 0 radical (unpaired) electrons. The number of nitrogens with zero attached hydrogens (tertiary/aromatic N) is 2. The van der Waals surface area contributed by atoms with E-state index in [1.165, 1.54) is 12.4 Å². The quantitative estimate of drug-likeness (QED) is 0.884. The van der Waals surface area contributed by atoms with E-state index < -0.39 is 10.0 Å². The standard InChI is InChI=1S/C12H19N3O3S2/c13-20(16,17)11-8-14-15(9-11)10-1-4-18-12(7-10)2-5-19-6-3-12/h8-10H,1-7H2,(H2,13,16,17). The lowest BCUT2D eigenvalue weighted by Crippen LogP contribution is -2.43. The third-order valence-corrected chi connectivity index (χ3v) is 6.00. The summed E-state index contributed by atoms with van der Waals surface area (Å²) in [6, 6.07) is 0.197. The Morgan fingerprint density at radius 2 is 2.20 bits per heavy atom. The topological polar surface area (TPSA) is 87.2 Å². The second-order valence-corrected chi connectivity index (χ2v) is 8.28. The van der Waals surface area contributed by atoms with Crippen molar-refractivity contribution in [3.8, 4) is 0 Å². The molecule has 2 saturated heterocycles. The Labute approximate surface area is 123 Å². The monoisotopic (exact) mass is 317 g/mol. The number of rotatable bonds is 2. The van der Waals surface area contributed by atoms with Crippen LogP contribution in [0.2, 0.25) is 0 Å². The van der Waals surface area contributed by atoms with Crippen LogP contribution < -0.4 is 5.14 Å². The van der Waals surface area contributed by atoms with Crippen LogP contribution in [0.15, 0.2) is 17.3 Å². The highest BCUT2D eigenvalue weighted by molar-refractivity contribution is 7.99. The van der Waals surface area contributed by atoms with Gasteiger partial charge in [-0.25, -0.2) is 13.6 Å². The zero-order valence-corrected chi connectivity index (χ0v) is 12.8. The molecule has 2 N–H and O–H groups in total. The number of nitrogens with two attached hydrogens (primary N) is 1. The fourth-order valence-electron chi connectivity index (χ4n) is 2.99. The molecular formula is C12H19N3O3S2.